The van der Waals surface area contributed by atoms with Crippen LogP contribution in [0.2, 0.25) is 0 Å². The molecule has 4 aromatic rings. The molecule has 8 heteroatoms. The first-order valence-electron chi connectivity index (χ1n) is 10.6. The van der Waals surface area contributed by atoms with Crippen LogP contribution in [0.25, 0.3) is 23.0 Å². The molecule has 1 saturated heterocycles. The number of allylic oxidation sites excluding steroid dienone is 1. The quantitative estimate of drug-likeness (QED) is 0.498. The Bertz CT molecular complexity index is 1400. The van der Waals surface area contributed by atoms with E-state index in [2.05, 4.69) is 9.55 Å². The number of fused-ring (bicyclic) bond motifs is 3. The van der Waals surface area contributed by atoms with Gasteiger partial charge in [-0.15, -0.1) is 0 Å². The van der Waals surface area contributed by atoms with Gasteiger partial charge in [-0.05, 0) is 25.3 Å². The number of aryl methyl sites for hydroxylation is 2. The van der Waals surface area contributed by atoms with Gasteiger partial charge in [-0.3, -0.25) is 18.3 Å². The van der Waals surface area contributed by atoms with E-state index in [0.29, 0.717) is 23.5 Å². The Hall–Kier alpha value is -3.39. The molecule has 0 radical (unpaired) electrons. The van der Waals surface area contributed by atoms with Gasteiger partial charge < -0.3 is 9.30 Å². The zero-order valence-corrected chi connectivity index (χ0v) is 17.7. The highest BCUT2D eigenvalue weighted by Gasteiger charge is 2.22. The maximum atomic E-state index is 13.3. The fraction of sp³-hybridized carbons (Fsp3) is 0.348. The summed E-state index contributed by atoms with van der Waals surface area (Å²) in [5, 5.41) is 0. The van der Waals surface area contributed by atoms with Gasteiger partial charge in [0.2, 0.25) is 5.78 Å². The summed E-state index contributed by atoms with van der Waals surface area (Å²) in [6.45, 7) is 3.67. The van der Waals surface area contributed by atoms with Crippen LogP contribution in [0, 0.1) is 6.92 Å². The molecule has 0 bridgehead atoms. The molecule has 1 aliphatic heterocycles. The van der Waals surface area contributed by atoms with Crippen molar-refractivity contribution in [3.05, 3.63) is 74.7 Å². The Morgan fingerprint density at radius 3 is 2.74 bits per heavy atom. The molecule has 31 heavy (non-hydrogen) atoms. The fourth-order valence-electron chi connectivity index (χ4n) is 4.29. The zero-order chi connectivity index (χ0) is 21.5. The molecular formula is C23H25N5O3. The summed E-state index contributed by atoms with van der Waals surface area (Å²) in [5.74, 6) is 0.660. The van der Waals surface area contributed by atoms with Crippen molar-refractivity contribution in [3.63, 3.8) is 0 Å². The summed E-state index contributed by atoms with van der Waals surface area (Å²) in [4.78, 5) is 30.9. The highest BCUT2D eigenvalue weighted by Crippen LogP contribution is 2.20. The molecule has 0 spiro atoms. The Labute approximate surface area is 178 Å². The zero-order valence-electron chi connectivity index (χ0n) is 17.7. The van der Waals surface area contributed by atoms with Gasteiger partial charge in [-0.25, -0.2) is 4.79 Å². The third-order valence-corrected chi connectivity index (χ3v) is 5.95. The molecule has 1 aromatic carbocycles. The summed E-state index contributed by atoms with van der Waals surface area (Å²) in [6, 6.07) is 9.79. The summed E-state index contributed by atoms with van der Waals surface area (Å²) < 4.78 is 12.4. The SMILES string of the molecule is Cc1cn2c3c(=O)n(C/C=C/c4ccccc4)c(=O)n(C)c3nc2n1CC1CCCO1. The van der Waals surface area contributed by atoms with Crippen LogP contribution >= 0.6 is 0 Å². The van der Waals surface area contributed by atoms with Gasteiger partial charge in [-0.2, -0.15) is 4.98 Å². The summed E-state index contributed by atoms with van der Waals surface area (Å²) in [5.41, 5.74) is 2.12. The number of rotatable bonds is 5. The second-order valence-corrected chi connectivity index (χ2v) is 8.04. The number of benzene rings is 1. The summed E-state index contributed by atoms with van der Waals surface area (Å²) in [6.07, 6.45) is 7.88. The van der Waals surface area contributed by atoms with Crippen molar-refractivity contribution in [2.24, 2.45) is 7.05 Å². The van der Waals surface area contributed by atoms with Gasteiger partial charge in [0.15, 0.2) is 11.2 Å². The molecule has 1 fully saturated rings. The van der Waals surface area contributed by atoms with E-state index in [1.165, 1.54) is 9.13 Å². The maximum Gasteiger partial charge on any atom is 0.332 e. The van der Waals surface area contributed by atoms with Crippen LogP contribution in [0.1, 0.15) is 24.1 Å². The molecule has 8 nitrogen and oxygen atoms in total. The normalized spacial score (nSPS) is 16.9. The third-order valence-electron chi connectivity index (χ3n) is 5.95. The van der Waals surface area contributed by atoms with E-state index >= 15 is 0 Å². The predicted octanol–water partition coefficient (Wildman–Crippen LogP) is 2.35. The standard InChI is InChI=1S/C23H25N5O3/c1-16-14-28-19-20(24-22(28)27(16)15-18-11-7-13-31-18)25(2)23(30)26(21(19)29)12-6-10-17-8-4-3-5-9-17/h3-6,8-10,14,18H,7,11-13,15H2,1-2H3/b10-6+. The number of aromatic nitrogens is 5. The van der Waals surface area contributed by atoms with Crippen LogP contribution in [0.3, 0.4) is 0 Å². The highest BCUT2D eigenvalue weighted by atomic mass is 16.5. The van der Waals surface area contributed by atoms with E-state index in [9.17, 15) is 9.59 Å². The molecule has 0 N–H and O–H groups in total. The van der Waals surface area contributed by atoms with Gasteiger partial charge in [0.1, 0.15) is 0 Å². The van der Waals surface area contributed by atoms with Gasteiger partial charge in [-0.1, -0.05) is 42.5 Å². The van der Waals surface area contributed by atoms with Crippen LogP contribution in [-0.4, -0.2) is 35.8 Å². The minimum Gasteiger partial charge on any atom is -0.376 e. The first-order valence-corrected chi connectivity index (χ1v) is 10.6. The Morgan fingerprint density at radius 2 is 2.00 bits per heavy atom. The highest BCUT2D eigenvalue weighted by molar-refractivity contribution is 5.75. The van der Waals surface area contributed by atoms with Crippen molar-refractivity contribution in [2.75, 3.05) is 6.61 Å². The fourth-order valence-corrected chi connectivity index (χ4v) is 4.29. The lowest BCUT2D eigenvalue weighted by molar-refractivity contribution is 0.0974. The van der Waals surface area contributed by atoms with Crippen molar-refractivity contribution in [1.82, 2.24) is 23.1 Å². The van der Waals surface area contributed by atoms with Crippen molar-refractivity contribution in [1.29, 1.82) is 0 Å². The van der Waals surface area contributed by atoms with Gasteiger partial charge in [0.25, 0.3) is 5.56 Å². The summed E-state index contributed by atoms with van der Waals surface area (Å²) in [7, 11) is 1.66. The maximum absolute atomic E-state index is 13.3. The third kappa shape index (κ3) is 3.33. The minimum atomic E-state index is -0.377. The monoisotopic (exact) mass is 419 g/mol. The van der Waals surface area contributed by atoms with Crippen LogP contribution in [0.15, 0.2) is 52.2 Å². The Morgan fingerprint density at radius 1 is 1.19 bits per heavy atom. The van der Waals surface area contributed by atoms with Crippen LogP contribution < -0.4 is 11.2 Å². The molecule has 5 rings (SSSR count). The van der Waals surface area contributed by atoms with Gasteiger partial charge in [0, 0.05) is 32.1 Å². The number of imidazole rings is 2. The molecule has 0 saturated carbocycles. The molecule has 160 valence electrons. The topological polar surface area (TPSA) is 75.5 Å². The van der Waals surface area contributed by atoms with E-state index in [1.54, 1.807) is 11.4 Å². The van der Waals surface area contributed by atoms with E-state index in [4.69, 9.17) is 4.74 Å². The second kappa shape index (κ2) is 7.70. The van der Waals surface area contributed by atoms with E-state index in [1.807, 2.05) is 55.6 Å². The van der Waals surface area contributed by atoms with Crippen molar-refractivity contribution in [3.8, 4) is 0 Å². The lowest BCUT2D eigenvalue weighted by atomic mass is 10.2. The molecule has 4 heterocycles. The van der Waals surface area contributed by atoms with Gasteiger partial charge >= 0.3 is 5.69 Å². The lowest BCUT2D eigenvalue weighted by Crippen LogP contribution is -2.39. The van der Waals surface area contributed by atoms with Crippen LogP contribution in [0.5, 0.6) is 0 Å². The lowest BCUT2D eigenvalue weighted by Gasteiger charge is -2.11. The molecule has 1 atom stereocenters. The molecular weight excluding hydrogens is 394 g/mol. The van der Waals surface area contributed by atoms with Crippen molar-refractivity contribution < 1.29 is 4.74 Å². The number of ether oxygens (including phenoxy) is 1. The van der Waals surface area contributed by atoms with Crippen LogP contribution in [0.4, 0.5) is 0 Å². The number of hydrogen-bond acceptors (Lipinski definition) is 4. The second-order valence-electron chi connectivity index (χ2n) is 8.04. The van der Waals surface area contributed by atoms with E-state index in [-0.39, 0.29) is 23.9 Å². The van der Waals surface area contributed by atoms with E-state index < -0.39 is 0 Å². The first kappa shape index (κ1) is 19.6. The van der Waals surface area contributed by atoms with Crippen molar-refractivity contribution in [2.45, 2.75) is 39.0 Å². The number of nitrogens with zero attached hydrogens (tertiary/aromatic N) is 5. The average Bonchev–Trinajstić information content (AvgIpc) is 3.48. The minimum absolute atomic E-state index is 0.151. The molecule has 0 amide bonds. The first-order chi connectivity index (χ1) is 15.0. The predicted molar refractivity (Wildman–Crippen MR) is 119 cm³/mol. The average molecular weight is 419 g/mol. The molecule has 3 aromatic heterocycles. The Balaban J connectivity index is 1.60. The summed E-state index contributed by atoms with van der Waals surface area (Å²) >= 11 is 0. The van der Waals surface area contributed by atoms with Gasteiger partial charge in [0.05, 0.1) is 12.6 Å². The smallest absolute Gasteiger partial charge is 0.332 e. The molecule has 0 aliphatic carbocycles. The molecule has 1 unspecified atom stereocenters. The number of hydrogen-bond donors (Lipinski definition) is 0. The largest absolute Gasteiger partial charge is 0.376 e. The van der Waals surface area contributed by atoms with Crippen molar-refractivity contribution >= 4 is 23.0 Å². The molecule has 1 aliphatic rings. The van der Waals surface area contributed by atoms with E-state index in [0.717, 1.165) is 30.7 Å². The Kier molecular flexibility index (Phi) is 4.86. The van der Waals surface area contributed by atoms with Crippen LogP contribution in [-0.2, 0) is 24.9 Å².